The second-order valence-corrected chi connectivity index (χ2v) is 7.78. The summed E-state index contributed by atoms with van der Waals surface area (Å²) in [5.41, 5.74) is 7.25. The van der Waals surface area contributed by atoms with Crippen LogP contribution in [0.25, 0.3) is 0 Å². The summed E-state index contributed by atoms with van der Waals surface area (Å²) in [6, 6.07) is 5.99. The fraction of sp³-hybridized carbons (Fsp3) is 0.632. The van der Waals surface area contributed by atoms with Crippen LogP contribution in [0.15, 0.2) is 18.2 Å². The minimum absolute atomic E-state index is 0.0494. The molecule has 0 bridgehead atoms. The van der Waals surface area contributed by atoms with Crippen LogP contribution in [0.1, 0.15) is 57.9 Å². The second-order valence-electron chi connectivity index (χ2n) is 7.78. The van der Waals surface area contributed by atoms with Gasteiger partial charge in [-0.05, 0) is 63.1 Å². The topological polar surface area (TPSA) is 70.8 Å². The van der Waals surface area contributed by atoms with Crippen LogP contribution in [0, 0.1) is 5.92 Å². The third-order valence-electron chi connectivity index (χ3n) is 4.77. The molecule has 0 amide bonds. The lowest BCUT2D eigenvalue weighted by molar-refractivity contribution is -0.156. The normalized spacial score (nSPS) is 26.2. The van der Waals surface area contributed by atoms with Crippen molar-refractivity contribution >= 4 is 5.97 Å². The van der Waals surface area contributed by atoms with E-state index in [0.29, 0.717) is 6.42 Å². The van der Waals surface area contributed by atoms with Crippen LogP contribution in [-0.4, -0.2) is 24.4 Å². The molecule has 5 nitrogen and oxygen atoms in total. The molecule has 1 heterocycles. The van der Waals surface area contributed by atoms with Gasteiger partial charge in [0.25, 0.3) is 0 Å². The van der Waals surface area contributed by atoms with Gasteiger partial charge in [-0.3, -0.25) is 4.79 Å². The summed E-state index contributed by atoms with van der Waals surface area (Å²) in [7, 11) is 0. The van der Waals surface area contributed by atoms with Crippen LogP contribution < -0.4 is 15.2 Å². The molecule has 24 heavy (non-hydrogen) atoms. The summed E-state index contributed by atoms with van der Waals surface area (Å²) in [4.78, 5) is 12.2. The van der Waals surface area contributed by atoms with E-state index < -0.39 is 5.60 Å². The van der Waals surface area contributed by atoms with Gasteiger partial charge >= 0.3 is 5.97 Å². The molecule has 1 aliphatic heterocycles. The Morgan fingerprint density at radius 3 is 2.75 bits per heavy atom. The van der Waals surface area contributed by atoms with E-state index in [-0.39, 0.29) is 30.6 Å². The lowest BCUT2D eigenvalue weighted by Gasteiger charge is -2.36. The van der Waals surface area contributed by atoms with E-state index in [1.807, 2.05) is 32.9 Å². The van der Waals surface area contributed by atoms with Crippen molar-refractivity contribution in [3.63, 3.8) is 0 Å². The Morgan fingerprint density at radius 2 is 2.00 bits per heavy atom. The molecule has 0 unspecified atom stereocenters. The van der Waals surface area contributed by atoms with Gasteiger partial charge in [-0.1, -0.05) is 12.5 Å². The first-order valence-corrected chi connectivity index (χ1v) is 8.70. The molecule has 0 saturated heterocycles. The number of hydrogen-bond acceptors (Lipinski definition) is 5. The van der Waals surface area contributed by atoms with Crippen molar-refractivity contribution in [2.75, 3.05) is 6.79 Å². The van der Waals surface area contributed by atoms with Crippen molar-refractivity contribution in [3.8, 4) is 11.5 Å². The summed E-state index contributed by atoms with van der Waals surface area (Å²) < 4.78 is 16.3. The maximum atomic E-state index is 12.2. The van der Waals surface area contributed by atoms with Crippen LogP contribution in [0.3, 0.4) is 0 Å². The zero-order valence-electron chi connectivity index (χ0n) is 14.7. The van der Waals surface area contributed by atoms with Gasteiger partial charge in [0, 0.05) is 12.5 Å². The minimum Gasteiger partial charge on any atom is -0.460 e. The van der Waals surface area contributed by atoms with Gasteiger partial charge in [-0.15, -0.1) is 0 Å². The van der Waals surface area contributed by atoms with Crippen molar-refractivity contribution in [3.05, 3.63) is 23.8 Å². The molecule has 1 aromatic rings. The van der Waals surface area contributed by atoms with Crippen LogP contribution in [-0.2, 0) is 9.53 Å². The molecular formula is C19H27NO4. The Bertz CT molecular complexity index is 608. The lowest BCUT2D eigenvalue weighted by atomic mass is 9.73. The molecule has 5 heteroatoms. The average molecular weight is 333 g/mol. The van der Waals surface area contributed by atoms with E-state index >= 15 is 0 Å². The maximum Gasteiger partial charge on any atom is 0.306 e. The number of carbonyl (C=O) groups excluding carboxylic acids is 1. The predicted octanol–water partition coefficient (Wildman–Crippen LogP) is 3.36. The Hall–Kier alpha value is -1.75. The second kappa shape index (κ2) is 6.63. The Balaban J connectivity index is 1.68. The number of ether oxygens (including phenoxy) is 3. The highest BCUT2D eigenvalue weighted by molar-refractivity contribution is 5.70. The highest BCUT2D eigenvalue weighted by atomic mass is 16.7. The fourth-order valence-electron chi connectivity index (χ4n) is 3.68. The first-order valence-electron chi connectivity index (χ1n) is 8.70. The number of nitrogens with two attached hydrogens (primary N) is 1. The lowest BCUT2D eigenvalue weighted by Crippen LogP contribution is -2.41. The van der Waals surface area contributed by atoms with Crippen LogP contribution in [0.5, 0.6) is 11.5 Å². The molecule has 1 saturated carbocycles. The van der Waals surface area contributed by atoms with E-state index in [1.165, 1.54) is 5.56 Å². The molecule has 1 aromatic carbocycles. The number of esters is 1. The molecule has 3 rings (SSSR count). The number of hydrogen-bond donors (Lipinski definition) is 1. The van der Waals surface area contributed by atoms with Crippen LogP contribution in [0.2, 0.25) is 0 Å². The smallest absolute Gasteiger partial charge is 0.306 e. The van der Waals surface area contributed by atoms with Crippen molar-refractivity contribution in [1.29, 1.82) is 0 Å². The van der Waals surface area contributed by atoms with E-state index in [9.17, 15) is 4.79 Å². The summed E-state index contributed by atoms with van der Waals surface area (Å²) >= 11 is 0. The van der Waals surface area contributed by atoms with Crippen molar-refractivity contribution < 1.29 is 19.0 Å². The van der Waals surface area contributed by atoms with Crippen molar-refractivity contribution in [2.24, 2.45) is 11.7 Å². The van der Waals surface area contributed by atoms with E-state index in [1.54, 1.807) is 0 Å². The van der Waals surface area contributed by atoms with E-state index in [2.05, 4.69) is 6.07 Å². The molecule has 0 aromatic heterocycles. The quantitative estimate of drug-likeness (QED) is 0.859. The number of carbonyl (C=O) groups is 1. The predicted molar refractivity (Wildman–Crippen MR) is 91.1 cm³/mol. The highest BCUT2D eigenvalue weighted by Gasteiger charge is 2.34. The average Bonchev–Trinajstić information content (AvgIpc) is 2.95. The van der Waals surface area contributed by atoms with Gasteiger partial charge in [0.05, 0.1) is 0 Å². The SMILES string of the molecule is CC(C)(C)OC(=O)C[C@H]1CCC[C@@H](c2ccc3c(c2)OCO3)[C@H]1N. The molecular weight excluding hydrogens is 306 g/mol. The van der Waals surface area contributed by atoms with E-state index in [4.69, 9.17) is 19.9 Å². The number of fused-ring (bicyclic) bond motifs is 1. The van der Waals surface area contributed by atoms with Gasteiger partial charge in [0.2, 0.25) is 6.79 Å². The number of rotatable bonds is 3. The Morgan fingerprint density at radius 1 is 1.25 bits per heavy atom. The first kappa shape index (κ1) is 17.1. The molecule has 0 spiro atoms. The summed E-state index contributed by atoms with van der Waals surface area (Å²) in [6.07, 6.45) is 3.47. The first-order chi connectivity index (χ1) is 11.3. The van der Waals surface area contributed by atoms with Crippen LogP contribution in [0.4, 0.5) is 0 Å². The molecule has 0 radical (unpaired) electrons. The van der Waals surface area contributed by atoms with Crippen LogP contribution >= 0.6 is 0 Å². The van der Waals surface area contributed by atoms with Gasteiger partial charge in [0.1, 0.15) is 5.60 Å². The third-order valence-corrected chi connectivity index (χ3v) is 4.77. The van der Waals surface area contributed by atoms with E-state index in [0.717, 1.165) is 30.8 Å². The highest BCUT2D eigenvalue weighted by Crippen LogP contribution is 2.41. The zero-order chi connectivity index (χ0) is 17.3. The number of benzene rings is 1. The van der Waals surface area contributed by atoms with Crippen molar-refractivity contribution in [1.82, 2.24) is 0 Å². The summed E-state index contributed by atoms with van der Waals surface area (Å²) in [6.45, 7) is 5.94. The summed E-state index contributed by atoms with van der Waals surface area (Å²) in [5.74, 6) is 1.81. The van der Waals surface area contributed by atoms with Gasteiger partial charge in [-0.2, -0.15) is 0 Å². The Labute approximate surface area is 143 Å². The molecule has 132 valence electrons. The standard InChI is InChI=1S/C19H27NO4/c1-19(2,3)24-17(21)10-13-5-4-6-14(18(13)20)12-7-8-15-16(9-12)23-11-22-15/h7-9,13-14,18H,4-6,10-11,20H2,1-3H3/t13-,14+,18+/m1/s1. The van der Waals surface area contributed by atoms with Gasteiger partial charge in [0.15, 0.2) is 11.5 Å². The molecule has 1 aliphatic carbocycles. The third kappa shape index (κ3) is 3.83. The van der Waals surface area contributed by atoms with Crippen molar-refractivity contribution in [2.45, 2.75) is 64.0 Å². The fourth-order valence-corrected chi connectivity index (χ4v) is 3.68. The van der Waals surface area contributed by atoms with Gasteiger partial charge in [-0.25, -0.2) is 0 Å². The molecule has 2 aliphatic rings. The monoisotopic (exact) mass is 333 g/mol. The molecule has 3 atom stereocenters. The zero-order valence-corrected chi connectivity index (χ0v) is 14.7. The minimum atomic E-state index is -0.452. The maximum absolute atomic E-state index is 12.2. The molecule has 1 fully saturated rings. The summed E-state index contributed by atoms with van der Waals surface area (Å²) in [5, 5.41) is 0. The Kier molecular flexibility index (Phi) is 4.72. The van der Waals surface area contributed by atoms with Gasteiger partial charge < -0.3 is 19.9 Å². The molecule has 2 N–H and O–H groups in total. The largest absolute Gasteiger partial charge is 0.460 e.